The molecule has 4 aromatic rings. The van der Waals surface area contributed by atoms with E-state index in [9.17, 15) is 36.0 Å². The fourth-order valence-electron chi connectivity index (χ4n) is 7.04. The molecule has 2 N–H and O–H groups in total. The third kappa shape index (κ3) is 11.9. The quantitative estimate of drug-likeness (QED) is 0.153. The van der Waals surface area contributed by atoms with Crippen molar-refractivity contribution in [3.8, 4) is 0 Å². The molecular weight excluding hydrogens is 863 g/mol. The van der Waals surface area contributed by atoms with Crippen LogP contribution in [0.2, 0.25) is 10.0 Å². The second kappa shape index (κ2) is 20.4. The van der Waals surface area contributed by atoms with Crippen LogP contribution in [-0.4, -0.2) is 128 Å². The summed E-state index contributed by atoms with van der Waals surface area (Å²) in [5.74, 6) is -1.87. The molecule has 0 aromatic heterocycles. The first-order chi connectivity index (χ1) is 28.4. The van der Waals surface area contributed by atoms with Crippen molar-refractivity contribution in [2.24, 2.45) is 0 Å². The Morgan fingerprint density at radius 2 is 0.767 bits per heavy atom. The zero-order valence-corrected chi connectivity index (χ0v) is 36.4. The smallest absolute Gasteiger partial charge is 0.307 e. The number of ether oxygens (including phenoxy) is 4. The standard InChI is InChI=1S/2C20H23ClN2O6S/c2*1-28-19(24)9-16-11-23(12-17(22-16)10-20(25)29-2)30(26,27)18-6-4-13-7-15(21)5-3-14(13)8-18/h2*3-8,16-17,22H,9-12H2,1-2H3/t16-,17+;16-,17-/m.0/s1. The first-order valence-corrected chi connectivity index (χ1v) is 22.3. The summed E-state index contributed by atoms with van der Waals surface area (Å²) in [4.78, 5) is 47.2. The zero-order valence-electron chi connectivity index (χ0n) is 33.3. The van der Waals surface area contributed by atoms with E-state index in [1.54, 1.807) is 60.7 Å². The molecule has 0 spiro atoms. The van der Waals surface area contributed by atoms with Crippen molar-refractivity contribution < 1.29 is 55.0 Å². The number of sulfonamides is 2. The number of hydrogen-bond donors (Lipinski definition) is 2. The maximum absolute atomic E-state index is 13.3. The molecule has 2 aliphatic rings. The molecule has 0 bridgehead atoms. The molecule has 2 saturated heterocycles. The summed E-state index contributed by atoms with van der Waals surface area (Å²) in [5.41, 5.74) is 0. The number of rotatable bonds is 12. The Labute approximate surface area is 358 Å². The fourth-order valence-corrected chi connectivity index (χ4v) is 10.5. The van der Waals surface area contributed by atoms with Crippen LogP contribution in [0.15, 0.2) is 82.6 Å². The van der Waals surface area contributed by atoms with Gasteiger partial charge in [0.05, 0.1) is 63.9 Å². The van der Waals surface area contributed by atoms with E-state index >= 15 is 0 Å². The van der Waals surface area contributed by atoms with Crippen molar-refractivity contribution in [1.82, 2.24) is 19.2 Å². The number of nitrogens with zero attached hydrogens (tertiary/aromatic N) is 2. The van der Waals surface area contributed by atoms with E-state index in [1.807, 2.05) is 0 Å². The first-order valence-electron chi connectivity index (χ1n) is 18.6. The summed E-state index contributed by atoms with van der Waals surface area (Å²) in [5, 5.41) is 10.6. The van der Waals surface area contributed by atoms with Gasteiger partial charge in [-0.25, -0.2) is 16.8 Å². The molecule has 0 amide bonds. The number of methoxy groups -OCH3 is 4. The number of hydrogen-bond acceptors (Lipinski definition) is 14. The molecule has 2 aliphatic heterocycles. The monoisotopic (exact) mass is 908 g/mol. The lowest BCUT2D eigenvalue weighted by molar-refractivity contribution is -0.143. The summed E-state index contributed by atoms with van der Waals surface area (Å²) >= 11 is 12.0. The maximum Gasteiger partial charge on any atom is 0.307 e. The summed E-state index contributed by atoms with van der Waals surface area (Å²) < 4.78 is 74.8. The van der Waals surface area contributed by atoms with Crippen molar-refractivity contribution in [2.75, 3.05) is 54.6 Å². The highest BCUT2D eigenvalue weighted by atomic mass is 35.5. The van der Waals surface area contributed by atoms with Gasteiger partial charge in [-0.3, -0.25) is 19.2 Å². The minimum atomic E-state index is -3.86. The molecule has 0 aliphatic carbocycles. The third-order valence-electron chi connectivity index (χ3n) is 10.0. The number of carbonyl (C=O) groups is 4. The summed E-state index contributed by atoms with van der Waals surface area (Å²) in [7, 11) is -2.63. The Morgan fingerprint density at radius 3 is 1.05 bits per heavy atom. The molecule has 324 valence electrons. The number of nitrogens with one attached hydrogen (secondary N) is 2. The average Bonchev–Trinajstić information content (AvgIpc) is 3.22. The molecule has 60 heavy (non-hydrogen) atoms. The van der Waals surface area contributed by atoms with Crippen molar-refractivity contribution in [3.63, 3.8) is 0 Å². The zero-order chi connectivity index (χ0) is 43.8. The molecule has 0 radical (unpaired) electrons. The van der Waals surface area contributed by atoms with Gasteiger partial charge in [-0.1, -0.05) is 47.5 Å². The second-order valence-electron chi connectivity index (χ2n) is 14.2. The van der Waals surface area contributed by atoms with E-state index < -0.39 is 68.1 Å². The van der Waals surface area contributed by atoms with Crippen molar-refractivity contribution >= 4 is 88.7 Å². The molecule has 6 rings (SSSR count). The van der Waals surface area contributed by atoms with Crippen LogP contribution in [0.3, 0.4) is 0 Å². The van der Waals surface area contributed by atoms with E-state index in [2.05, 4.69) is 10.6 Å². The van der Waals surface area contributed by atoms with Gasteiger partial charge in [0.2, 0.25) is 20.0 Å². The Hall–Kier alpha value is -4.40. The minimum absolute atomic E-state index is 0.0174. The molecule has 2 fully saturated rings. The second-order valence-corrected chi connectivity index (χ2v) is 18.9. The summed E-state index contributed by atoms with van der Waals surface area (Å²) in [6.45, 7) is 0.309. The van der Waals surface area contributed by atoms with E-state index in [-0.39, 0.29) is 61.7 Å². The lowest BCUT2D eigenvalue weighted by Gasteiger charge is -2.37. The number of esters is 4. The van der Waals surface area contributed by atoms with E-state index in [0.29, 0.717) is 10.0 Å². The molecule has 0 unspecified atom stereocenters. The fraction of sp³-hybridized carbons (Fsp3) is 0.400. The van der Waals surface area contributed by atoms with E-state index in [4.69, 9.17) is 42.1 Å². The maximum atomic E-state index is 13.3. The molecule has 2 heterocycles. The van der Waals surface area contributed by atoms with Gasteiger partial charge < -0.3 is 29.6 Å². The first kappa shape index (κ1) is 46.7. The Balaban J connectivity index is 0.000000228. The topological polar surface area (TPSA) is 204 Å². The number of benzene rings is 4. The SMILES string of the molecule is COC(=O)C[C@@H]1CN(S(=O)(=O)c2ccc3cc(Cl)ccc3c2)C[C@H](CC(=O)OC)N1.COC(=O)C[C@H]1CN(S(=O)(=O)c2ccc3cc(Cl)ccc3c2)C[C@H](CC(=O)OC)N1. The molecule has 0 saturated carbocycles. The number of fused-ring (bicyclic) bond motifs is 2. The van der Waals surface area contributed by atoms with Gasteiger partial charge in [-0.2, -0.15) is 8.61 Å². The number of carbonyl (C=O) groups excluding carboxylic acids is 4. The van der Waals surface area contributed by atoms with Gasteiger partial charge in [0.15, 0.2) is 0 Å². The van der Waals surface area contributed by atoms with E-state index in [1.165, 1.54) is 49.2 Å². The van der Waals surface area contributed by atoms with Crippen LogP contribution in [0, 0.1) is 0 Å². The van der Waals surface area contributed by atoms with Crippen LogP contribution < -0.4 is 10.6 Å². The third-order valence-corrected chi connectivity index (χ3v) is 14.2. The van der Waals surface area contributed by atoms with Crippen LogP contribution in [0.4, 0.5) is 0 Å². The average molecular weight is 910 g/mol. The summed E-state index contributed by atoms with van der Waals surface area (Å²) in [6.07, 6.45) is -0.0698. The van der Waals surface area contributed by atoms with Crippen molar-refractivity contribution in [3.05, 3.63) is 82.8 Å². The minimum Gasteiger partial charge on any atom is -0.469 e. The highest BCUT2D eigenvalue weighted by Crippen LogP contribution is 2.28. The van der Waals surface area contributed by atoms with Crippen LogP contribution in [0.25, 0.3) is 21.5 Å². The van der Waals surface area contributed by atoms with Gasteiger partial charge in [0.1, 0.15) is 0 Å². The van der Waals surface area contributed by atoms with Gasteiger partial charge in [0.25, 0.3) is 0 Å². The number of piperazine rings is 2. The normalized spacial score (nSPS) is 20.1. The van der Waals surface area contributed by atoms with Crippen molar-refractivity contribution in [1.29, 1.82) is 0 Å². The van der Waals surface area contributed by atoms with Crippen LogP contribution >= 0.6 is 23.2 Å². The molecule has 4 atom stereocenters. The lowest BCUT2D eigenvalue weighted by Crippen LogP contribution is -2.58. The molecule has 16 nitrogen and oxygen atoms in total. The molecule has 4 aromatic carbocycles. The largest absolute Gasteiger partial charge is 0.469 e. The van der Waals surface area contributed by atoms with Gasteiger partial charge in [-0.15, -0.1) is 0 Å². The van der Waals surface area contributed by atoms with Crippen LogP contribution in [-0.2, 0) is 58.2 Å². The molecule has 20 heteroatoms. The van der Waals surface area contributed by atoms with Gasteiger partial charge in [-0.05, 0) is 70.1 Å². The lowest BCUT2D eigenvalue weighted by atomic mass is 10.1. The van der Waals surface area contributed by atoms with Crippen LogP contribution in [0.5, 0.6) is 0 Å². The van der Waals surface area contributed by atoms with E-state index in [0.717, 1.165) is 21.5 Å². The highest BCUT2D eigenvalue weighted by molar-refractivity contribution is 7.89. The Morgan fingerprint density at radius 1 is 0.500 bits per heavy atom. The van der Waals surface area contributed by atoms with Crippen molar-refractivity contribution in [2.45, 2.75) is 59.6 Å². The van der Waals surface area contributed by atoms with Gasteiger partial charge >= 0.3 is 23.9 Å². The predicted molar refractivity (Wildman–Crippen MR) is 223 cm³/mol. The molecular formula is C40H46Cl2N4O12S2. The Kier molecular flexibility index (Phi) is 15.9. The summed E-state index contributed by atoms with van der Waals surface area (Å²) in [6, 6.07) is 18.1. The Bertz CT molecular complexity index is 2230. The van der Waals surface area contributed by atoms with Gasteiger partial charge in [0, 0.05) is 60.4 Å². The predicted octanol–water partition coefficient (Wildman–Crippen LogP) is 3.90. The van der Waals surface area contributed by atoms with Crippen LogP contribution in [0.1, 0.15) is 25.7 Å². The highest BCUT2D eigenvalue weighted by Gasteiger charge is 2.38. The number of halogens is 2.